The van der Waals surface area contributed by atoms with Crippen LogP contribution in [0.2, 0.25) is 0 Å². The van der Waals surface area contributed by atoms with Gasteiger partial charge in [0, 0.05) is 63.3 Å². The minimum atomic E-state index is -0.541. The molecule has 13 heteroatoms. The van der Waals surface area contributed by atoms with Crippen LogP contribution in [0.25, 0.3) is 0 Å². The van der Waals surface area contributed by atoms with Gasteiger partial charge in [-0.05, 0) is 90.9 Å². The first kappa shape index (κ1) is 83.2. The Morgan fingerprint density at radius 3 is 1.07 bits per heavy atom. The van der Waals surface area contributed by atoms with Crippen LogP contribution in [0.1, 0.15) is 315 Å². The predicted molar refractivity (Wildman–Crippen MR) is 342 cm³/mol. The number of nitrogens with zero attached hydrogens (tertiary/aromatic N) is 1. The molecule has 2 fully saturated rings. The molecule has 0 N–H and O–H groups in total. The van der Waals surface area contributed by atoms with Crippen LogP contribution >= 0.6 is 0 Å². The van der Waals surface area contributed by atoms with Gasteiger partial charge in [0.2, 0.25) is 5.91 Å². The van der Waals surface area contributed by atoms with Gasteiger partial charge in [0.05, 0.1) is 33.0 Å². The molecule has 486 valence electrons. The van der Waals surface area contributed by atoms with E-state index in [1.165, 1.54) is 102 Å². The fourth-order valence-electron chi connectivity index (χ4n) is 8.93. The Kier molecular flexibility index (Phi) is 61.2. The maximum absolute atomic E-state index is 12.8. The molecule has 1 aliphatic heterocycles. The van der Waals surface area contributed by atoms with Crippen molar-refractivity contribution < 1.29 is 57.2 Å². The van der Waals surface area contributed by atoms with E-state index in [0.29, 0.717) is 45.9 Å². The lowest BCUT2D eigenvalue weighted by molar-refractivity contribution is -0.154. The van der Waals surface area contributed by atoms with Gasteiger partial charge in [-0.1, -0.05) is 215 Å². The highest BCUT2D eigenvalue weighted by atomic mass is 16.6. The third-order valence-corrected chi connectivity index (χ3v) is 15.0. The number of carbonyl (C=O) groups excluding carboxylic acids is 7. The number of likely N-dealkylation sites (tertiary alicyclic amines) is 1. The molecular weight excluding hydrogens is 1050 g/mol. The summed E-state index contributed by atoms with van der Waals surface area (Å²) in [5, 5.41) is 0. The van der Waals surface area contributed by atoms with Crippen LogP contribution < -0.4 is 0 Å². The summed E-state index contributed by atoms with van der Waals surface area (Å²) in [4.78, 5) is 88.8. The number of esters is 5. The molecule has 1 heterocycles. The first-order chi connectivity index (χ1) is 40.1. The molecule has 0 bridgehead atoms. The summed E-state index contributed by atoms with van der Waals surface area (Å²) in [6.07, 6.45) is 37.4. The zero-order chi connectivity index (χ0) is 62.7. The van der Waals surface area contributed by atoms with Crippen molar-refractivity contribution in [3.8, 4) is 0 Å². The van der Waals surface area contributed by atoms with Gasteiger partial charge in [0.1, 0.15) is 11.9 Å². The quantitative estimate of drug-likeness (QED) is 0.0245. The maximum Gasteiger partial charge on any atom is 0.306 e. The number of carbonyl (C=O) groups is 7. The number of amides is 1. The molecule has 1 aliphatic carbocycles. The summed E-state index contributed by atoms with van der Waals surface area (Å²) in [6.45, 7) is 29.5. The van der Waals surface area contributed by atoms with Gasteiger partial charge in [-0.2, -0.15) is 0 Å². The van der Waals surface area contributed by atoms with E-state index >= 15 is 0 Å². The summed E-state index contributed by atoms with van der Waals surface area (Å²) in [5.41, 5.74) is 1.47. The molecule has 2 rings (SSSR count). The SMILES string of the molecule is C/C=C(\C)CC.C/C=C\C.CC.CCCCCCCCOC(=O)CC(CC(=O)OCCCCCCCC)CC(=O)C1CC1.CCCCCCCCOC(=O)CC(CC(=O)OCCCCCCCC)CC(=O)OC1CCN(C(=O)C(C)CC)C1. The van der Waals surface area contributed by atoms with E-state index in [9.17, 15) is 33.6 Å². The summed E-state index contributed by atoms with van der Waals surface area (Å²) >= 11 is 0. The van der Waals surface area contributed by atoms with Crippen molar-refractivity contribution in [2.75, 3.05) is 39.5 Å². The lowest BCUT2D eigenvalue weighted by atomic mass is 9.93. The largest absolute Gasteiger partial charge is 0.466 e. The molecule has 1 amide bonds. The van der Waals surface area contributed by atoms with Gasteiger partial charge < -0.3 is 28.6 Å². The molecule has 0 aromatic heterocycles. The predicted octanol–water partition coefficient (Wildman–Crippen LogP) is 18.3. The molecule has 2 unspecified atom stereocenters. The van der Waals surface area contributed by atoms with E-state index in [1.807, 2.05) is 53.7 Å². The van der Waals surface area contributed by atoms with Crippen molar-refractivity contribution >= 4 is 41.5 Å². The molecule has 83 heavy (non-hydrogen) atoms. The van der Waals surface area contributed by atoms with E-state index in [1.54, 1.807) is 4.90 Å². The summed E-state index contributed by atoms with van der Waals surface area (Å²) < 4.78 is 27.2. The second kappa shape index (κ2) is 61.1. The molecule has 0 aromatic carbocycles. The van der Waals surface area contributed by atoms with Crippen LogP contribution in [0.3, 0.4) is 0 Å². The third-order valence-electron chi connectivity index (χ3n) is 15.0. The van der Waals surface area contributed by atoms with E-state index in [-0.39, 0.29) is 86.0 Å². The van der Waals surface area contributed by atoms with Gasteiger partial charge in [0.25, 0.3) is 0 Å². The highest BCUT2D eigenvalue weighted by molar-refractivity contribution is 5.85. The second-order valence-corrected chi connectivity index (χ2v) is 22.8. The monoisotopic (exact) mass is 1180 g/mol. The minimum absolute atomic E-state index is 0.0274. The van der Waals surface area contributed by atoms with E-state index < -0.39 is 23.8 Å². The molecule has 2 atom stereocenters. The van der Waals surface area contributed by atoms with E-state index in [4.69, 9.17) is 23.7 Å². The molecule has 1 saturated carbocycles. The standard InChI is InChI=1S/C32H57NO7.C26H46O5.C6H12.C4H8.C2H6/c1-5-8-10-12-14-16-20-38-29(34)22-27(23-30(35)39-21-17-15-13-11-9-6-2)24-31(36)40-28-18-19-33(25-28)32(37)26(4)7-3;1-3-5-7-9-11-13-17-30-25(28)20-22(19-24(27)23-15-16-23)21-26(29)31-18-14-12-10-8-6-4-2;1-4-6(3)5-2;1-3-4-2;1-2/h26-28H,5-25H2,1-4H3;22-23H,3-21H2,1-2H3;4H,5H2,1-3H3;3-4H,1-2H3;1-2H3/b;;6-4+;4-3-;. The second-order valence-electron chi connectivity index (χ2n) is 22.8. The highest BCUT2D eigenvalue weighted by Gasteiger charge is 2.34. The Bertz CT molecular complexity index is 1590. The molecule has 0 radical (unpaired) electrons. The maximum atomic E-state index is 12.8. The van der Waals surface area contributed by atoms with Gasteiger partial charge >= 0.3 is 29.8 Å². The number of ketones is 1. The topological polar surface area (TPSA) is 169 Å². The number of hydrogen-bond acceptors (Lipinski definition) is 12. The van der Waals surface area contributed by atoms with Crippen LogP contribution in [-0.2, 0) is 57.2 Å². The number of Topliss-reactive ketones (excluding diaryl/α,β-unsaturated/α-hetero) is 1. The van der Waals surface area contributed by atoms with E-state index in [2.05, 4.69) is 54.5 Å². The Labute approximate surface area is 509 Å². The minimum Gasteiger partial charge on any atom is -0.466 e. The van der Waals surface area contributed by atoms with Crippen LogP contribution in [0.4, 0.5) is 0 Å². The Balaban J connectivity index is -0.00000131. The Morgan fingerprint density at radius 2 is 0.783 bits per heavy atom. The van der Waals surface area contributed by atoms with Gasteiger partial charge in [-0.25, -0.2) is 0 Å². The fourth-order valence-corrected chi connectivity index (χ4v) is 8.93. The highest BCUT2D eigenvalue weighted by Crippen LogP contribution is 2.33. The number of ether oxygens (including phenoxy) is 5. The summed E-state index contributed by atoms with van der Waals surface area (Å²) in [5.74, 6) is -2.36. The van der Waals surface area contributed by atoms with Crippen molar-refractivity contribution in [1.29, 1.82) is 0 Å². The molecule has 2 aliphatic rings. The Morgan fingerprint density at radius 1 is 0.458 bits per heavy atom. The fraction of sp³-hybridized carbons (Fsp3) is 0.843. The van der Waals surface area contributed by atoms with Crippen LogP contribution in [0, 0.1) is 23.7 Å². The summed E-state index contributed by atoms with van der Waals surface area (Å²) in [7, 11) is 0. The first-order valence-corrected chi connectivity index (χ1v) is 33.9. The van der Waals surface area contributed by atoms with Gasteiger partial charge in [-0.15, -0.1) is 0 Å². The average Bonchev–Trinajstić information content (AvgIpc) is 4.32. The third kappa shape index (κ3) is 54.4. The number of allylic oxidation sites excluding steroid dienone is 4. The van der Waals surface area contributed by atoms with Crippen molar-refractivity contribution in [3.05, 3.63) is 23.8 Å². The van der Waals surface area contributed by atoms with Crippen LogP contribution in [-0.4, -0.2) is 92.1 Å². The molecule has 13 nitrogen and oxygen atoms in total. The first-order valence-electron chi connectivity index (χ1n) is 33.9. The van der Waals surface area contributed by atoms with E-state index in [0.717, 1.165) is 83.5 Å². The summed E-state index contributed by atoms with van der Waals surface area (Å²) in [6, 6.07) is 0. The normalized spacial score (nSPS) is 14.0. The molecule has 0 spiro atoms. The lowest BCUT2D eigenvalue weighted by Crippen LogP contribution is -2.34. The number of hydrogen-bond donors (Lipinski definition) is 0. The molecule has 1 saturated heterocycles. The number of rotatable bonds is 45. The smallest absolute Gasteiger partial charge is 0.306 e. The van der Waals surface area contributed by atoms with Gasteiger partial charge in [0.15, 0.2) is 0 Å². The van der Waals surface area contributed by atoms with Crippen molar-refractivity contribution in [3.63, 3.8) is 0 Å². The van der Waals surface area contributed by atoms with Crippen molar-refractivity contribution in [1.82, 2.24) is 4.90 Å². The average molecular weight is 1180 g/mol. The lowest BCUT2D eigenvalue weighted by Gasteiger charge is -2.20. The zero-order valence-electron chi connectivity index (χ0n) is 56.0. The molecule has 0 aromatic rings. The van der Waals surface area contributed by atoms with Crippen LogP contribution in [0.15, 0.2) is 23.8 Å². The zero-order valence-corrected chi connectivity index (χ0v) is 56.0. The van der Waals surface area contributed by atoms with Crippen molar-refractivity contribution in [2.24, 2.45) is 23.7 Å². The number of unbranched alkanes of at least 4 members (excludes halogenated alkanes) is 20. The van der Waals surface area contributed by atoms with Crippen LogP contribution in [0.5, 0.6) is 0 Å². The van der Waals surface area contributed by atoms with Gasteiger partial charge in [-0.3, -0.25) is 33.6 Å². The van der Waals surface area contributed by atoms with Crippen molar-refractivity contribution in [2.45, 2.75) is 321 Å². The Hall–Kier alpha value is -4.03. The molecular formula is C70H129NO12.